The average Bonchev–Trinajstić information content (AvgIpc) is 2.04. The summed E-state index contributed by atoms with van der Waals surface area (Å²) in [6.07, 6.45) is 0.663. The predicted molar refractivity (Wildman–Crippen MR) is 33.4 cm³/mol. The second kappa shape index (κ2) is 1.64. The number of rotatable bonds is 0. The Morgan fingerprint density at radius 3 is 3.11 bits per heavy atom. The summed E-state index contributed by atoms with van der Waals surface area (Å²) in [7, 11) is 0. The Morgan fingerprint density at radius 1 is 1.89 bits per heavy atom. The van der Waals surface area contributed by atoms with Gasteiger partial charge >= 0.3 is 0 Å². The highest BCUT2D eigenvalue weighted by atomic mass is 32.2. The molecule has 0 radical (unpaired) electrons. The largest absolute Gasteiger partial charge is 0.301 e. The van der Waals surface area contributed by atoms with Crippen molar-refractivity contribution in [3.63, 3.8) is 0 Å². The lowest BCUT2D eigenvalue weighted by molar-refractivity contribution is -0.147. The molecule has 2 rings (SSSR count). The Kier molecular flexibility index (Phi) is 1.01. The molecule has 0 aromatic carbocycles. The van der Waals surface area contributed by atoms with E-state index in [1.54, 1.807) is 4.90 Å². The fourth-order valence-electron chi connectivity index (χ4n) is 1.11. The molecule has 1 amide bonds. The van der Waals surface area contributed by atoms with Crippen LogP contribution in [-0.4, -0.2) is 22.4 Å². The van der Waals surface area contributed by atoms with E-state index in [1.807, 2.05) is 6.92 Å². The van der Waals surface area contributed by atoms with Gasteiger partial charge in [0.1, 0.15) is 11.6 Å². The number of carbonyl (C=O) groups is 1. The van der Waals surface area contributed by atoms with E-state index in [0.717, 1.165) is 0 Å². The third-order valence-electron chi connectivity index (χ3n) is 1.65. The minimum atomic E-state index is 0.00116. The lowest BCUT2D eigenvalue weighted by atomic mass is 10.2. The molecule has 2 atom stereocenters. The average molecular weight is 145 g/mol. The monoisotopic (exact) mass is 145 g/mol. The summed E-state index contributed by atoms with van der Waals surface area (Å²) in [6, 6.07) is 0. The molecule has 0 aliphatic carbocycles. The summed E-state index contributed by atoms with van der Waals surface area (Å²) in [5, 5.41) is 0.326. The molecule has 0 aromatic heterocycles. The van der Waals surface area contributed by atoms with Crippen LogP contribution in [-0.2, 0) is 8.98 Å². The Bertz CT molecular complexity index is 155. The van der Waals surface area contributed by atoms with Crippen LogP contribution in [0.25, 0.3) is 0 Å². The molecule has 0 aromatic rings. The molecule has 2 fully saturated rings. The number of amides is 1. The maximum absolute atomic E-state index is 10.8. The van der Waals surface area contributed by atoms with Crippen LogP contribution in [0.3, 0.4) is 0 Å². The maximum atomic E-state index is 10.8. The second-order valence-electron chi connectivity index (χ2n) is 2.25. The summed E-state index contributed by atoms with van der Waals surface area (Å²) in [5.41, 5.74) is 0. The van der Waals surface area contributed by atoms with Gasteiger partial charge in [-0.05, 0) is 6.92 Å². The van der Waals surface area contributed by atoms with Crippen LogP contribution in [0.5, 0.6) is 0 Å². The maximum Gasteiger partial charge on any atom is 0.228 e. The zero-order valence-electron chi connectivity index (χ0n) is 5.03. The highest BCUT2D eigenvalue weighted by Gasteiger charge is 2.46. The molecular formula is C5H7NO2S. The fraction of sp³-hybridized carbons (Fsp3) is 0.800. The van der Waals surface area contributed by atoms with Gasteiger partial charge in [0.05, 0.1) is 6.42 Å². The first kappa shape index (κ1) is 5.56. The van der Waals surface area contributed by atoms with E-state index in [9.17, 15) is 4.79 Å². The van der Waals surface area contributed by atoms with Crippen LogP contribution < -0.4 is 0 Å². The van der Waals surface area contributed by atoms with Crippen LogP contribution in [0.15, 0.2) is 0 Å². The fourth-order valence-corrected chi connectivity index (χ4v) is 2.08. The SMILES string of the molecule is CC1OS[C@@H]2CC(=O)N12. The van der Waals surface area contributed by atoms with Crippen molar-refractivity contribution in [1.29, 1.82) is 0 Å². The topological polar surface area (TPSA) is 29.5 Å². The first-order chi connectivity index (χ1) is 4.29. The summed E-state index contributed by atoms with van der Waals surface area (Å²) in [6.45, 7) is 1.89. The molecule has 0 N–H and O–H groups in total. The highest BCUT2D eigenvalue weighted by molar-refractivity contribution is 7.95. The zero-order valence-corrected chi connectivity index (χ0v) is 5.85. The van der Waals surface area contributed by atoms with Gasteiger partial charge < -0.3 is 4.90 Å². The Morgan fingerprint density at radius 2 is 2.67 bits per heavy atom. The molecule has 1 unspecified atom stereocenters. The van der Waals surface area contributed by atoms with Crippen molar-refractivity contribution >= 4 is 17.9 Å². The van der Waals surface area contributed by atoms with Gasteiger partial charge in [0.2, 0.25) is 5.91 Å². The Hall–Kier alpha value is -0.220. The summed E-state index contributed by atoms with van der Waals surface area (Å²) in [5.74, 6) is 0.220. The number of fused-ring (bicyclic) bond motifs is 1. The molecular weight excluding hydrogens is 138 g/mol. The number of hydrogen-bond acceptors (Lipinski definition) is 3. The zero-order chi connectivity index (χ0) is 6.43. The van der Waals surface area contributed by atoms with E-state index in [-0.39, 0.29) is 12.1 Å². The summed E-state index contributed by atoms with van der Waals surface area (Å²) < 4.78 is 5.13. The van der Waals surface area contributed by atoms with Crippen molar-refractivity contribution in [3.8, 4) is 0 Å². The van der Waals surface area contributed by atoms with Crippen molar-refractivity contribution in [3.05, 3.63) is 0 Å². The molecule has 50 valence electrons. The molecule has 4 heteroatoms. The second-order valence-corrected chi connectivity index (χ2v) is 3.18. The molecule has 0 bridgehead atoms. The number of β-lactam (4-membered cyclic amide) rings is 1. The minimum Gasteiger partial charge on any atom is -0.301 e. The van der Waals surface area contributed by atoms with E-state index in [4.69, 9.17) is 4.18 Å². The lowest BCUT2D eigenvalue weighted by Crippen LogP contribution is -2.50. The van der Waals surface area contributed by atoms with Crippen LogP contribution >= 0.6 is 12.0 Å². The number of hydrogen-bond donors (Lipinski definition) is 0. The summed E-state index contributed by atoms with van der Waals surface area (Å²) >= 11 is 1.41. The highest BCUT2D eigenvalue weighted by Crippen LogP contribution is 2.39. The molecule has 9 heavy (non-hydrogen) atoms. The van der Waals surface area contributed by atoms with Gasteiger partial charge in [-0.3, -0.25) is 8.98 Å². The van der Waals surface area contributed by atoms with Gasteiger partial charge in [-0.15, -0.1) is 0 Å². The van der Waals surface area contributed by atoms with Gasteiger partial charge in [0.15, 0.2) is 0 Å². The van der Waals surface area contributed by atoms with Crippen LogP contribution in [0.1, 0.15) is 13.3 Å². The molecule has 3 nitrogen and oxygen atoms in total. The molecule has 0 saturated carbocycles. The van der Waals surface area contributed by atoms with E-state index in [2.05, 4.69) is 0 Å². The van der Waals surface area contributed by atoms with E-state index in [0.29, 0.717) is 11.8 Å². The van der Waals surface area contributed by atoms with Gasteiger partial charge in [-0.25, -0.2) is 0 Å². The number of nitrogens with zero attached hydrogens (tertiary/aromatic N) is 1. The van der Waals surface area contributed by atoms with E-state index < -0.39 is 0 Å². The van der Waals surface area contributed by atoms with Gasteiger partial charge in [0.25, 0.3) is 0 Å². The normalized spacial score (nSPS) is 40.6. The van der Waals surface area contributed by atoms with E-state index in [1.165, 1.54) is 12.0 Å². The molecule has 2 heterocycles. The van der Waals surface area contributed by atoms with Crippen molar-refractivity contribution < 1.29 is 8.98 Å². The standard InChI is InChI=1S/C5H7NO2S/c1-3-6-4(7)2-5(6)9-8-3/h3,5H,2H2,1H3/t3?,5-/m1/s1. The Balaban J connectivity index is 2.14. The molecule has 2 aliphatic rings. The van der Waals surface area contributed by atoms with Crippen LogP contribution in [0.4, 0.5) is 0 Å². The lowest BCUT2D eigenvalue weighted by Gasteiger charge is -2.33. The van der Waals surface area contributed by atoms with Crippen molar-refractivity contribution in [2.45, 2.75) is 24.9 Å². The van der Waals surface area contributed by atoms with Gasteiger partial charge in [-0.1, -0.05) is 0 Å². The number of carbonyl (C=O) groups excluding carboxylic acids is 1. The van der Waals surface area contributed by atoms with Crippen molar-refractivity contribution in [1.82, 2.24) is 4.90 Å². The molecule has 0 spiro atoms. The third-order valence-corrected chi connectivity index (χ3v) is 2.65. The van der Waals surface area contributed by atoms with Crippen molar-refractivity contribution in [2.24, 2.45) is 0 Å². The quantitative estimate of drug-likeness (QED) is 0.368. The van der Waals surface area contributed by atoms with Crippen LogP contribution in [0.2, 0.25) is 0 Å². The minimum absolute atomic E-state index is 0.00116. The third kappa shape index (κ3) is 0.602. The molecule has 2 saturated heterocycles. The smallest absolute Gasteiger partial charge is 0.228 e. The first-order valence-electron chi connectivity index (χ1n) is 2.92. The van der Waals surface area contributed by atoms with Crippen molar-refractivity contribution in [2.75, 3.05) is 0 Å². The van der Waals surface area contributed by atoms with E-state index >= 15 is 0 Å². The summed E-state index contributed by atoms with van der Waals surface area (Å²) in [4.78, 5) is 12.5. The predicted octanol–water partition coefficient (Wildman–Crippen LogP) is 0.569. The van der Waals surface area contributed by atoms with Crippen LogP contribution in [0, 0.1) is 0 Å². The molecule has 2 aliphatic heterocycles. The first-order valence-corrected chi connectivity index (χ1v) is 3.73. The van der Waals surface area contributed by atoms with Gasteiger partial charge in [0, 0.05) is 12.0 Å². The Labute approximate surface area is 57.6 Å². The van der Waals surface area contributed by atoms with Gasteiger partial charge in [-0.2, -0.15) is 0 Å².